The van der Waals surface area contributed by atoms with Crippen molar-refractivity contribution < 1.29 is 4.79 Å². The molecule has 5 heteroatoms. The van der Waals surface area contributed by atoms with E-state index in [4.69, 9.17) is 5.73 Å². The van der Waals surface area contributed by atoms with Crippen LogP contribution in [0.1, 0.15) is 31.4 Å². The number of nitrogens with zero attached hydrogens (tertiary/aromatic N) is 3. The largest absolute Gasteiger partial charge is 0.340 e. The summed E-state index contributed by atoms with van der Waals surface area (Å²) in [6, 6.07) is 6.23. The first-order valence-electron chi connectivity index (χ1n) is 8.39. The van der Waals surface area contributed by atoms with Gasteiger partial charge in [-0.3, -0.25) is 14.7 Å². The standard InChI is InChI=1S/C17H26N4O/c18-15-5-3-4-14(12-15)17(22)21-10-8-20(9-11-21)13-16-6-1-2-7-19-16/h1-2,6-7,14-15H,3-5,8-13,18H2/t14-,15+/m1/s1. The molecule has 3 rings (SSSR count). The van der Waals surface area contributed by atoms with Crippen LogP contribution in [0.25, 0.3) is 0 Å². The molecule has 2 N–H and O–H groups in total. The van der Waals surface area contributed by atoms with Crippen molar-refractivity contribution in [2.75, 3.05) is 26.2 Å². The van der Waals surface area contributed by atoms with Gasteiger partial charge in [-0.05, 0) is 31.4 Å². The highest BCUT2D eigenvalue weighted by atomic mass is 16.2. The number of piperazine rings is 1. The lowest BCUT2D eigenvalue weighted by Gasteiger charge is -2.37. The number of aromatic nitrogens is 1. The Morgan fingerprint density at radius 3 is 2.73 bits per heavy atom. The molecule has 1 amide bonds. The van der Waals surface area contributed by atoms with E-state index in [1.54, 1.807) is 0 Å². The predicted molar refractivity (Wildman–Crippen MR) is 86.0 cm³/mol. The van der Waals surface area contributed by atoms with Gasteiger partial charge in [0.15, 0.2) is 0 Å². The minimum atomic E-state index is 0.158. The van der Waals surface area contributed by atoms with Gasteiger partial charge in [-0.2, -0.15) is 0 Å². The lowest BCUT2D eigenvalue weighted by Crippen LogP contribution is -2.51. The SMILES string of the molecule is N[C@H]1CCC[C@@H](C(=O)N2CCN(Cc3ccccn3)CC2)C1. The summed E-state index contributed by atoms with van der Waals surface area (Å²) >= 11 is 0. The van der Waals surface area contributed by atoms with Crippen LogP contribution in [0.3, 0.4) is 0 Å². The lowest BCUT2D eigenvalue weighted by atomic mass is 9.85. The summed E-state index contributed by atoms with van der Waals surface area (Å²) in [6.07, 6.45) is 5.88. The molecule has 1 aliphatic carbocycles. The molecular formula is C17H26N4O. The quantitative estimate of drug-likeness (QED) is 0.912. The molecule has 0 unspecified atom stereocenters. The fourth-order valence-electron chi connectivity index (χ4n) is 3.56. The Labute approximate surface area is 132 Å². The number of amides is 1. The molecule has 2 aliphatic rings. The average molecular weight is 302 g/mol. The molecule has 0 radical (unpaired) electrons. The zero-order valence-corrected chi connectivity index (χ0v) is 13.2. The van der Waals surface area contributed by atoms with E-state index >= 15 is 0 Å². The topological polar surface area (TPSA) is 62.5 Å². The maximum atomic E-state index is 12.6. The Balaban J connectivity index is 1.48. The van der Waals surface area contributed by atoms with Crippen molar-refractivity contribution in [1.29, 1.82) is 0 Å². The van der Waals surface area contributed by atoms with Crippen molar-refractivity contribution in [3.8, 4) is 0 Å². The van der Waals surface area contributed by atoms with Gasteiger partial charge < -0.3 is 10.6 Å². The normalized spacial score (nSPS) is 26.9. The Morgan fingerprint density at radius 1 is 1.23 bits per heavy atom. The van der Waals surface area contributed by atoms with E-state index in [9.17, 15) is 4.79 Å². The number of rotatable bonds is 3. The molecule has 2 atom stereocenters. The molecule has 1 saturated carbocycles. The third kappa shape index (κ3) is 3.84. The van der Waals surface area contributed by atoms with Gasteiger partial charge in [0.2, 0.25) is 5.91 Å². The monoisotopic (exact) mass is 302 g/mol. The Hall–Kier alpha value is -1.46. The smallest absolute Gasteiger partial charge is 0.225 e. The number of carbonyl (C=O) groups excluding carboxylic acids is 1. The summed E-state index contributed by atoms with van der Waals surface area (Å²) in [5.41, 5.74) is 7.11. The van der Waals surface area contributed by atoms with Gasteiger partial charge in [-0.1, -0.05) is 12.5 Å². The summed E-state index contributed by atoms with van der Waals surface area (Å²) in [7, 11) is 0. The Morgan fingerprint density at radius 2 is 2.05 bits per heavy atom. The summed E-state index contributed by atoms with van der Waals surface area (Å²) in [4.78, 5) is 21.4. The molecule has 22 heavy (non-hydrogen) atoms. The molecule has 5 nitrogen and oxygen atoms in total. The lowest BCUT2D eigenvalue weighted by molar-refractivity contribution is -0.138. The third-order valence-corrected chi connectivity index (χ3v) is 4.86. The second-order valence-electron chi connectivity index (χ2n) is 6.55. The number of hydrogen-bond acceptors (Lipinski definition) is 4. The maximum absolute atomic E-state index is 12.6. The molecule has 1 saturated heterocycles. The van der Waals surface area contributed by atoms with Crippen LogP contribution >= 0.6 is 0 Å². The van der Waals surface area contributed by atoms with E-state index in [1.807, 2.05) is 23.2 Å². The summed E-state index contributed by atoms with van der Waals surface area (Å²) in [6.45, 7) is 4.40. The van der Waals surface area contributed by atoms with E-state index in [-0.39, 0.29) is 12.0 Å². The van der Waals surface area contributed by atoms with Gasteiger partial charge in [-0.15, -0.1) is 0 Å². The highest BCUT2D eigenvalue weighted by Crippen LogP contribution is 2.25. The highest BCUT2D eigenvalue weighted by molar-refractivity contribution is 5.79. The summed E-state index contributed by atoms with van der Waals surface area (Å²) < 4.78 is 0. The molecule has 0 aromatic carbocycles. The molecule has 2 fully saturated rings. The zero-order valence-electron chi connectivity index (χ0n) is 13.2. The van der Waals surface area contributed by atoms with Crippen molar-refractivity contribution in [3.63, 3.8) is 0 Å². The van der Waals surface area contributed by atoms with Gasteiger partial charge in [0, 0.05) is 50.9 Å². The Kier molecular flexibility index (Phi) is 5.05. The second kappa shape index (κ2) is 7.20. The Bertz CT molecular complexity index is 485. The summed E-state index contributed by atoms with van der Waals surface area (Å²) in [5, 5.41) is 0. The van der Waals surface area contributed by atoms with Crippen molar-refractivity contribution in [2.24, 2.45) is 11.7 Å². The minimum Gasteiger partial charge on any atom is -0.340 e. The molecule has 2 heterocycles. The second-order valence-corrected chi connectivity index (χ2v) is 6.55. The van der Waals surface area contributed by atoms with Crippen LogP contribution in [-0.4, -0.2) is 52.9 Å². The maximum Gasteiger partial charge on any atom is 0.225 e. The predicted octanol–water partition coefficient (Wildman–Crippen LogP) is 1.24. The third-order valence-electron chi connectivity index (χ3n) is 4.86. The molecule has 0 spiro atoms. The van der Waals surface area contributed by atoms with Crippen molar-refractivity contribution in [3.05, 3.63) is 30.1 Å². The summed E-state index contributed by atoms with van der Waals surface area (Å²) in [5.74, 6) is 0.485. The van der Waals surface area contributed by atoms with Gasteiger partial charge >= 0.3 is 0 Å². The molecule has 120 valence electrons. The van der Waals surface area contributed by atoms with Crippen molar-refractivity contribution in [2.45, 2.75) is 38.3 Å². The fraction of sp³-hybridized carbons (Fsp3) is 0.647. The van der Waals surface area contributed by atoms with Gasteiger partial charge in [0.1, 0.15) is 0 Å². The van der Waals surface area contributed by atoms with Crippen molar-refractivity contribution >= 4 is 5.91 Å². The van der Waals surface area contributed by atoms with Crippen LogP contribution in [0.15, 0.2) is 24.4 Å². The molecule has 1 aromatic rings. The van der Waals surface area contributed by atoms with Crippen molar-refractivity contribution in [1.82, 2.24) is 14.8 Å². The zero-order chi connectivity index (χ0) is 15.4. The van der Waals surface area contributed by atoms with E-state index in [0.717, 1.165) is 64.1 Å². The van der Waals surface area contributed by atoms with Crippen LogP contribution in [0.5, 0.6) is 0 Å². The van der Waals surface area contributed by atoms with Gasteiger partial charge in [0.05, 0.1) is 5.69 Å². The fourth-order valence-corrected chi connectivity index (χ4v) is 3.56. The molecule has 1 aromatic heterocycles. The number of carbonyl (C=O) groups is 1. The average Bonchev–Trinajstić information content (AvgIpc) is 2.56. The van der Waals surface area contributed by atoms with Gasteiger partial charge in [0.25, 0.3) is 0 Å². The van der Waals surface area contributed by atoms with Crippen LogP contribution in [0.4, 0.5) is 0 Å². The molecule has 1 aliphatic heterocycles. The van der Waals surface area contributed by atoms with E-state index in [0.29, 0.717) is 5.91 Å². The number of pyridine rings is 1. The molecular weight excluding hydrogens is 276 g/mol. The number of nitrogens with two attached hydrogens (primary N) is 1. The molecule has 0 bridgehead atoms. The van der Waals surface area contributed by atoms with Crippen LogP contribution in [0, 0.1) is 5.92 Å². The first-order valence-corrected chi connectivity index (χ1v) is 8.39. The van der Waals surface area contributed by atoms with Crippen LogP contribution in [-0.2, 0) is 11.3 Å². The van der Waals surface area contributed by atoms with E-state index < -0.39 is 0 Å². The first kappa shape index (κ1) is 15.4. The number of hydrogen-bond donors (Lipinski definition) is 1. The van der Waals surface area contributed by atoms with E-state index in [2.05, 4.69) is 16.0 Å². The van der Waals surface area contributed by atoms with Gasteiger partial charge in [-0.25, -0.2) is 0 Å². The first-order chi connectivity index (χ1) is 10.7. The van der Waals surface area contributed by atoms with E-state index in [1.165, 1.54) is 0 Å². The highest BCUT2D eigenvalue weighted by Gasteiger charge is 2.30. The van der Waals surface area contributed by atoms with Crippen LogP contribution < -0.4 is 5.73 Å². The van der Waals surface area contributed by atoms with Crippen LogP contribution in [0.2, 0.25) is 0 Å². The minimum absolute atomic E-state index is 0.158.